The van der Waals surface area contributed by atoms with E-state index in [0.29, 0.717) is 6.61 Å². The lowest BCUT2D eigenvalue weighted by molar-refractivity contribution is -0.272. The van der Waals surface area contributed by atoms with E-state index in [2.05, 4.69) is 5.32 Å². The number of ether oxygens (including phenoxy) is 3. The third-order valence-electron chi connectivity index (χ3n) is 7.07. The summed E-state index contributed by atoms with van der Waals surface area (Å²) in [5.41, 5.74) is -2.99. The number of rotatable bonds is 7. The van der Waals surface area contributed by atoms with E-state index < -0.39 is 53.0 Å². The molecule has 2 fully saturated rings. The first-order chi connectivity index (χ1) is 14.9. The lowest BCUT2D eigenvalue weighted by Gasteiger charge is -2.41. The summed E-state index contributed by atoms with van der Waals surface area (Å²) in [6.45, 7) is 2.78. The Hall–Kier alpha value is -1.94. The van der Waals surface area contributed by atoms with E-state index in [4.69, 9.17) is 14.2 Å². The fourth-order valence-electron chi connectivity index (χ4n) is 4.77. The first kappa shape index (κ1) is 24.7. The third kappa shape index (κ3) is 4.07. The molecule has 0 radical (unpaired) electrons. The zero-order chi connectivity index (χ0) is 23.9. The normalized spacial score (nSPS) is 29.5. The van der Waals surface area contributed by atoms with Gasteiger partial charge in [-0.05, 0) is 25.8 Å². The number of nitrogens with one attached hydrogen (secondary N) is 1. The molecule has 0 spiro atoms. The van der Waals surface area contributed by atoms with Crippen LogP contribution in [0.4, 0.5) is 22.0 Å². The first-order valence-electron chi connectivity index (χ1n) is 10.4. The van der Waals surface area contributed by atoms with Crippen molar-refractivity contribution in [2.75, 3.05) is 27.4 Å². The van der Waals surface area contributed by atoms with Gasteiger partial charge in [0.15, 0.2) is 17.2 Å². The quantitative estimate of drug-likeness (QED) is 0.609. The van der Waals surface area contributed by atoms with Crippen LogP contribution in [0.25, 0.3) is 0 Å². The Morgan fingerprint density at radius 2 is 1.91 bits per heavy atom. The van der Waals surface area contributed by atoms with Gasteiger partial charge >= 0.3 is 6.18 Å². The second-order valence-corrected chi connectivity index (χ2v) is 8.95. The number of benzene rings is 1. The highest BCUT2D eigenvalue weighted by Gasteiger charge is 2.66. The monoisotopic (exact) mass is 465 g/mol. The average molecular weight is 465 g/mol. The van der Waals surface area contributed by atoms with Crippen molar-refractivity contribution in [3.8, 4) is 5.75 Å². The summed E-state index contributed by atoms with van der Waals surface area (Å²) in [7, 11) is 2.63. The van der Waals surface area contributed by atoms with Crippen LogP contribution < -0.4 is 10.1 Å². The summed E-state index contributed by atoms with van der Waals surface area (Å²) < 4.78 is 85.5. The number of alkyl halides is 3. The summed E-state index contributed by atoms with van der Waals surface area (Å²) in [6.07, 6.45) is -3.75. The first-order valence-corrected chi connectivity index (χ1v) is 10.4. The number of halogens is 5. The van der Waals surface area contributed by atoms with Crippen LogP contribution in [-0.4, -0.2) is 51.2 Å². The molecule has 1 aliphatic heterocycles. The summed E-state index contributed by atoms with van der Waals surface area (Å²) in [5.74, 6) is -6.32. The van der Waals surface area contributed by atoms with Gasteiger partial charge in [0, 0.05) is 36.5 Å². The summed E-state index contributed by atoms with van der Waals surface area (Å²) >= 11 is 0. The molecule has 1 aromatic rings. The van der Waals surface area contributed by atoms with Gasteiger partial charge in [-0.2, -0.15) is 17.6 Å². The van der Waals surface area contributed by atoms with Gasteiger partial charge in [-0.15, -0.1) is 0 Å². The molecule has 1 amide bonds. The second kappa shape index (κ2) is 8.78. The van der Waals surface area contributed by atoms with E-state index in [1.165, 1.54) is 6.92 Å². The number of carbonyl (C=O) groups is 1. The Labute approximate surface area is 183 Å². The largest absolute Gasteiger partial charge is 0.493 e. The molecule has 1 aliphatic carbocycles. The minimum atomic E-state index is -4.79. The van der Waals surface area contributed by atoms with E-state index in [1.807, 2.05) is 0 Å². The molecule has 1 aromatic carbocycles. The zero-order valence-electron chi connectivity index (χ0n) is 18.4. The molecular formula is C22H28F5NO4. The van der Waals surface area contributed by atoms with Crippen molar-refractivity contribution in [1.82, 2.24) is 5.32 Å². The van der Waals surface area contributed by atoms with Gasteiger partial charge in [-0.1, -0.05) is 19.4 Å². The minimum Gasteiger partial charge on any atom is -0.493 e. The molecule has 2 aliphatic rings. The molecule has 1 heterocycles. The molecule has 32 heavy (non-hydrogen) atoms. The highest BCUT2D eigenvalue weighted by atomic mass is 19.4. The molecule has 5 nitrogen and oxygen atoms in total. The van der Waals surface area contributed by atoms with Gasteiger partial charge in [0.1, 0.15) is 6.10 Å². The fourth-order valence-corrected chi connectivity index (χ4v) is 4.77. The predicted molar refractivity (Wildman–Crippen MR) is 105 cm³/mol. The van der Waals surface area contributed by atoms with Crippen LogP contribution in [0.3, 0.4) is 0 Å². The Bertz CT molecular complexity index is 857. The molecule has 3 rings (SSSR count). The summed E-state index contributed by atoms with van der Waals surface area (Å²) in [4.78, 5) is 13.1. The van der Waals surface area contributed by atoms with Crippen LogP contribution in [-0.2, 0) is 14.3 Å². The SMILES string of the molecule is COCC1(CNC(=O)[C@@H]2O[C@@](C)(C(F)(F)F)[C@@H](C)[C@H]2c2ccc(F)c(F)c2OC)CCC1. The number of hydrogen-bond acceptors (Lipinski definition) is 4. The molecule has 0 unspecified atom stereocenters. The van der Waals surface area contributed by atoms with E-state index in [-0.39, 0.29) is 17.5 Å². The zero-order valence-corrected chi connectivity index (χ0v) is 18.4. The number of carbonyl (C=O) groups excluding carboxylic acids is 1. The van der Waals surface area contributed by atoms with E-state index in [9.17, 15) is 26.7 Å². The minimum absolute atomic E-state index is 0.0535. The van der Waals surface area contributed by atoms with Crippen molar-refractivity contribution in [3.63, 3.8) is 0 Å². The lowest BCUT2D eigenvalue weighted by Crippen LogP contribution is -2.49. The molecule has 4 atom stereocenters. The standard InChI is InChI=1S/C22H28F5NO4/c1-12-15(13-6-7-14(23)16(24)17(13)31-4)18(32-20(12,2)22(25,26)27)19(29)28-10-21(11-30-3)8-5-9-21/h6-7,12,15,18H,5,8-11H2,1-4H3,(H,28,29)/t12-,15-,18+,20+/m0/s1. The Kier molecular flexibility index (Phi) is 6.77. The van der Waals surface area contributed by atoms with Crippen molar-refractivity contribution >= 4 is 5.91 Å². The van der Waals surface area contributed by atoms with E-state index >= 15 is 0 Å². The maximum atomic E-state index is 14.4. The molecule has 180 valence electrons. The average Bonchev–Trinajstić information content (AvgIpc) is 2.98. The fraction of sp³-hybridized carbons (Fsp3) is 0.682. The maximum Gasteiger partial charge on any atom is 0.417 e. The van der Waals surface area contributed by atoms with Crippen molar-refractivity contribution in [2.45, 2.75) is 56.9 Å². The number of hydrogen-bond donors (Lipinski definition) is 1. The molecule has 10 heteroatoms. The third-order valence-corrected chi connectivity index (χ3v) is 7.07. The van der Waals surface area contributed by atoms with Crippen LogP contribution in [0.1, 0.15) is 44.6 Å². The van der Waals surface area contributed by atoms with Crippen LogP contribution in [0.2, 0.25) is 0 Å². The predicted octanol–water partition coefficient (Wildman–Crippen LogP) is 4.35. The topological polar surface area (TPSA) is 56.8 Å². The summed E-state index contributed by atoms with van der Waals surface area (Å²) in [5, 5.41) is 2.71. The van der Waals surface area contributed by atoms with Crippen molar-refractivity contribution < 1.29 is 41.0 Å². The van der Waals surface area contributed by atoms with Crippen LogP contribution >= 0.6 is 0 Å². The number of amides is 1. The maximum absolute atomic E-state index is 14.4. The van der Waals surface area contributed by atoms with Gasteiger partial charge in [0.05, 0.1) is 13.7 Å². The highest BCUT2D eigenvalue weighted by Crippen LogP contribution is 2.55. The Morgan fingerprint density at radius 1 is 1.25 bits per heavy atom. The Morgan fingerprint density at radius 3 is 2.41 bits per heavy atom. The molecular weight excluding hydrogens is 437 g/mol. The lowest BCUT2D eigenvalue weighted by atomic mass is 9.69. The number of methoxy groups -OCH3 is 2. The van der Waals surface area contributed by atoms with Gasteiger partial charge in [0.2, 0.25) is 11.7 Å². The van der Waals surface area contributed by atoms with Crippen molar-refractivity contribution in [3.05, 3.63) is 29.3 Å². The molecule has 1 saturated carbocycles. The van der Waals surface area contributed by atoms with Gasteiger partial charge in [-0.3, -0.25) is 4.79 Å². The van der Waals surface area contributed by atoms with Gasteiger partial charge in [0.25, 0.3) is 0 Å². The van der Waals surface area contributed by atoms with Crippen molar-refractivity contribution in [2.24, 2.45) is 11.3 Å². The van der Waals surface area contributed by atoms with Crippen molar-refractivity contribution in [1.29, 1.82) is 0 Å². The summed E-state index contributed by atoms with van der Waals surface area (Å²) in [6, 6.07) is 1.95. The Balaban J connectivity index is 1.97. The molecule has 1 saturated heterocycles. The highest BCUT2D eigenvalue weighted by molar-refractivity contribution is 5.83. The van der Waals surface area contributed by atoms with E-state index in [0.717, 1.165) is 45.4 Å². The second-order valence-electron chi connectivity index (χ2n) is 8.95. The molecule has 0 aromatic heterocycles. The molecule has 0 bridgehead atoms. The molecule has 1 N–H and O–H groups in total. The van der Waals surface area contributed by atoms with Gasteiger partial charge in [-0.25, -0.2) is 4.39 Å². The van der Waals surface area contributed by atoms with Crippen LogP contribution in [0.15, 0.2) is 12.1 Å². The van der Waals surface area contributed by atoms with E-state index in [1.54, 1.807) is 7.11 Å². The van der Waals surface area contributed by atoms with Crippen LogP contribution in [0.5, 0.6) is 5.75 Å². The van der Waals surface area contributed by atoms with Gasteiger partial charge < -0.3 is 19.5 Å². The smallest absolute Gasteiger partial charge is 0.417 e. The van der Waals surface area contributed by atoms with Crippen LogP contribution in [0, 0.1) is 23.0 Å².